The first-order chi connectivity index (χ1) is 11.6. The van der Waals surface area contributed by atoms with Crippen LogP contribution >= 0.6 is 23.1 Å². The van der Waals surface area contributed by atoms with Crippen molar-refractivity contribution in [3.63, 3.8) is 0 Å². The third-order valence-corrected chi connectivity index (χ3v) is 6.38. The number of thioether (sulfide) groups is 1. The van der Waals surface area contributed by atoms with E-state index in [0.29, 0.717) is 18.4 Å². The number of amides is 1. The van der Waals surface area contributed by atoms with Gasteiger partial charge < -0.3 is 10.4 Å². The maximum absolute atomic E-state index is 12.6. The molecule has 1 heterocycles. The third-order valence-electron chi connectivity index (χ3n) is 4.20. The molecule has 1 fully saturated rings. The number of rotatable bonds is 6. The quantitative estimate of drug-likeness (QED) is 0.763. The molecule has 0 spiro atoms. The van der Waals surface area contributed by atoms with Gasteiger partial charge in [0.05, 0.1) is 11.5 Å². The predicted molar refractivity (Wildman–Crippen MR) is 96.6 cm³/mol. The molecule has 1 aromatic carbocycles. The van der Waals surface area contributed by atoms with Gasteiger partial charge >= 0.3 is 5.97 Å². The first-order valence-electron chi connectivity index (χ1n) is 7.91. The van der Waals surface area contributed by atoms with E-state index in [9.17, 15) is 9.59 Å². The minimum atomic E-state index is -0.765. The Kier molecular flexibility index (Phi) is 5.58. The number of benzene rings is 1. The Labute approximate surface area is 149 Å². The molecule has 0 saturated heterocycles. The number of aliphatic carboxylic acids is 1. The van der Waals surface area contributed by atoms with Crippen LogP contribution in [-0.4, -0.2) is 23.0 Å². The molecule has 4 nitrogen and oxygen atoms in total. The van der Waals surface area contributed by atoms with Gasteiger partial charge in [0, 0.05) is 21.6 Å². The Morgan fingerprint density at radius 2 is 2.04 bits per heavy atom. The lowest BCUT2D eigenvalue weighted by molar-refractivity contribution is -0.141. The van der Waals surface area contributed by atoms with Crippen LogP contribution in [0.2, 0.25) is 0 Å². The topological polar surface area (TPSA) is 66.4 Å². The van der Waals surface area contributed by atoms with Gasteiger partial charge in [-0.05, 0) is 42.8 Å². The average molecular weight is 361 g/mol. The van der Waals surface area contributed by atoms with Gasteiger partial charge in [0.2, 0.25) is 0 Å². The van der Waals surface area contributed by atoms with E-state index < -0.39 is 5.97 Å². The highest BCUT2D eigenvalue weighted by Gasteiger charge is 2.30. The standard InChI is InChI=1S/C18H19NO3S2/c20-17(19-13-8-7-12(10-13)18(21)22)15-5-1-2-6-16(15)24-11-14-4-3-9-23-14/h1-6,9,12-13H,7-8,10-11H2,(H,19,20)(H,21,22)/t12-,13+/m1/s1. The normalized spacial score (nSPS) is 20.0. The molecule has 24 heavy (non-hydrogen) atoms. The Morgan fingerprint density at radius 1 is 1.21 bits per heavy atom. The molecule has 1 aliphatic carbocycles. The summed E-state index contributed by atoms with van der Waals surface area (Å²) in [5.41, 5.74) is 0.665. The highest BCUT2D eigenvalue weighted by atomic mass is 32.2. The first-order valence-corrected chi connectivity index (χ1v) is 9.78. The number of carbonyl (C=O) groups is 2. The Balaban J connectivity index is 1.63. The first kappa shape index (κ1) is 17.0. The Hall–Kier alpha value is -1.79. The van der Waals surface area contributed by atoms with Crippen LogP contribution in [0.3, 0.4) is 0 Å². The van der Waals surface area contributed by atoms with Crippen LogP contribution in [0.4, 0.5) is 0 Å². The molecule has 0 bridgehead atoms. The maximum Gasteiger partial charge on any atom is 0.306 e. The summed E-state index contributed by atoms with van der Waals surface area (Å²) in [5, 5.41) is 14.1. The van der Waals surface area contributed by atoms with E-state index in [1.54, 1.807) is 23.1 Å². The van der Waals surface area contributed by atoms with Crippen molar-refractivity contribution >= 4 is 35.0 Å². The van der Waals surface area contributed by atoms with Gasteiger partial charge in [0.1, 0.15) is 0 Å². The molecule has 1 aromatic heterocycles. The number of hydrogen-bond donors (Lipinski definition) is 2. The average Bonchev–Trinajstić information content (AvgIpc) is 3.25. The van der Waals surface area contributed by atoms with Crippen LogP contribution in [-0.2, 0) is 10.5 Å². The molecule has 2 atom stereocenters. The van der Waals surface area contributed by atoms with Gasteiger partial charge in [-0.15, -0.1) is 23.1 Å². The van der Waals surface area contributed by atoms with Crippen LogP contribution in [0.25, 0.3) is 0 Å². The molecule has 0 unspecified atom stereocenters. The van der Waals surface area contributed by atoms with Gasteiger partial charge in [0.15, 0.2) is 0 Å². The molecular formula is C18H19NO3S2. The van der Waals surface area contributed by atoms with E-state index >= 15 is 0 Å². The lowest BCUT2D eigenvalue weighted by Crippen LogP contribution is -2.33. The molecule has 2 aromatic rings. The van der Waals surface area contributed by atoms with E-state index in [2.05, 4.69) is 11.4 Å². The highest BCUT2D eigenvalue weighted by Crippen LogP contribution is 2.29. The molecule has 3 rings (SSSR count). The van der Waals surface area contributed by atoms with E-state index in [1.165, 1.54) is 4.88 Å². The van der Waals surface area contributed by atoms with Crippen LogP contribution < -0.4 is 5.32 Å². The number of carboxylic acid groups (broad SMARTS) is 1. The summed E-state index contributed by atoms with van der Waals surface area (Å²) in [4.78, 5) is 25.9. The summed E-state index contributed by atoms with van der Waals surface area (Å²) in [6.45, 7) is 0. The zero-order valence-corrected chi connectivity index (χ0v) is 14.7. The minimum Gasteiger partial charge on any atom is -0.481 e. The van der Waals surface area contributed by atoms with Crippen LogP contribution in [0.5, 0.6) is 0 Å². The molecule has 2 N–H and O–H groups in total. The molecule has 0 aliphatic heterocycles. The molecule has 126 valence electrons. The number of carboxylic acids is 1. The van der Waals surface area contributed by atoms with Crippen molar-refractivity contribution < 1.29 is 14.7 Å². The fraction of sp³-hybridized carbons (Fsp3) is 0.333. The van der Waals surface area contributed by atoms with Crippen LogP contribution in [0, 0.1) is 5.92 Å². The second-order valence-electron chi connectivity index (χ2n) is 5.88. The van der Waals surface area contributed by atoms with E-state index in [0.717, 1.165) is 17.1 Å². The zero-order chi connectivity index (χ0) is 16.9. The molecule has 0 radical (unpaired) electrons. The Morgan fingerprint density at radius 3 is 2.75 bits per heavy atom. The fourth-order valence-corrected chi connectivity index (χ4v) is 4.75. The predicted octanol–water partition coefficient (Wildman–Crippen LogP) is 4.02. The van der Waals surface area contributed by atoms with Gasteiger partial charge in [0.25, 0.3) is 5.91 Å². The molecule has 1 aliphatic rings. The molecular weight excluding hydrogens is 342 g/mol. The molecule has 6 heteroatoms. The molecule has 1 saturated carbocycles. The lowest BCUT2D eigenvalue weighted by Gasteiger charge is -2.14. The van der Waals surface area contributed by atoms with E-state index in [-0.39, 0.29) is 17.9 Å². The fourth-order valence-electron chi connectivity index (χ4n) is 2.92. The summed E-state index contributed by atoms with van der Waals surface area (Å²) in [6, 6.07) is 11.7. The minimum absolute atomic E-state index is 0.0473. The summed E-state index contributed by atoms with van der Waals surface area (Å²) in [7, 11) is 0. The zero-order valence-electron chi connectivity index (χ0n) is 13.1. The summed E-state index contributed by atoms with van der Waals surface area (Å²) < 4.78 is 0. The van der Waals surface area contributed by atoms with Crippen molar-refractivity contribution in [2.75, 3.05) is 0 Å². The largest absolute Gasteiger partial charge is 0.481 e. The third kappa shape index (κ3) is 4.19. The lowest BCUT2D eigenvalue weighted by atomic mass is 10.1. The summed E-state index contributed by atoms with van der Waals surface area (Å²) in [6.07, 6.45) is 1.88. The van der Waals surface area contributed by atoms with Crippen molar-refractivity contribution in [1.82, 2.24) is 5.32 Å². The van der Waals surface area contributed by atoms with Gasteiger partial charge in [-0.25, -0.2) is 0 Å². The number of thiophene rings is 1. The van der Waals surface area contributed by atoms with Crippen molar-refractivity contribution in [2.24, 2.45) is 5.92 Å². The van der Waals surface area contributed by atoms with Crippen molar-refractivity contribution in [3.8, 4) is 0 Å². The summed E-state index contributed by atoms with van der Waals surface area (Å²) in [5.74, 6) is -0.371. The van der Waals surface area contributed by atoms with E-state index in [4.69, 9.17) is 5.11 Å². The molecule has 1 amide bonds. The Bertz CT molecular complexity index is 715. The van der Waals surface area contributed by atoms with Gasteiger partial charge in [-0.1, -0.05) is 18.2 Å². The summed E-state index contributed by atoms with van der Waals surface area (Å²) >= 11 is 3.36. The smallest absolute Gasteiger partial charge is 0.306 e. The van der Waals surface area contributed by atoms with Crippen LogP contribution in [0.15, 0.2) is 46.7 Å². The number of hydrogen-bond acceptors (Lipinski definition) is 4. The van der Waals surface area contributed by atoms with Crippen LogP contribution in [0.1, 0.15) is 34.5 Å². The maximum atomic E-state index is 12.6. The van der Waals surface area contributed by atoms with Gasteiger partial charge in [-0.2, -0.15) is 0 Å². The van der Waals surface area contributed by atoms with Crippen molar-refractivity contribution in [3.05, 3.63) is 52.2 Å². The number of carbonyl (C=O) groups excluding carboxylic acids is 1. The van der Waals surface area contributed by atoms with Crippen molar-refractivity contribution in [2.45, 2.75) is 36.0 Å². The van der Waals surface area contributed by atoms with Crippen molar-refractivity contribution in [1.29, 1.82) is 0 Å². The highest BCUT2D eigenvalue weighted by molar-refractivity contribution is 7.98. The second kappa shape index (κ2) is 7.85. The SMILES string of the molecule is O=C(N[C@H]1CC[C@@H](C(=O)O)C1)c1ccccc1SCc1cccs1. The van der Waals surface area contributed by atoms with Gasteiger partial charge in [-0.3, -0.25) is 9.59 Å². The monoisotopic (exact) mass is 361 g/mol. The van der Waals surface area contributed by atoms with E-state index in [1.807, 2.05) is 35.7 Å². The second-order valence-corrected chi connectivity index (χ2v) is 7.93. The number of nitrogens with one attached hydrogen (secondary N) is 1.